The fourth-order valence-electron chi connectivity index (χ4n) is 2.37. The van der Waals surface area contributed by atoms with Crippen molar-refractivity contribution in [3.05, 3.63) is 0 Å². The van der Waals surface area contributed by atoms with Crippen LogP contribution in [0.25, 0.3) is 0 Å². The van der Waals surface area contributed by atoms with E-state index in [1.165, 1.54) is 13.5 Å². The predicted molar refractivity (Wildman–Crippen MR) is 69.2 cm³/mol. The number of nitrogens with zero attached hydrogens (tertiary/aromatic N) is 2. The summed E-state index contributed by atoms with van der Waals surface area (Å²) in [6.45, 7) is 5.97. The molecule has 1 rings (SSSR count). The number of hydrogen-bond acceptors (Lipinski definition) is 3. The van der Waals surface area contributed by atoms with Crippen LogP contribution in [0.2, 0.25) is 0 Å². The van der Waals surface area contributed by atoms with E-state index in [0.29, 0.717) is 12.5 Å². The minimum Gasteiger partial charge on any atom is -0.469 e. The number of esters is 1. The average Bonchev–Trinajstić information content (AvgIpc) is 2.36. The van der Waals surface area contributed by atoms with Crippen molar-refractivity contribution in [2.24, 2.45) is 11.8 Å². The third kappa shape index (κ3) is 3.89. The fraction of sp³-hybridized carbons (Fsp3) is 0.846. The molecule has 0 bridgehead atoms. The van der Waals surface area contributed by atoms with Crippen LogP contribution in [-0.2, 0) is 9.53 Å². The molecule has 0 N–H and O–H groups in total. The van der Waals surface area contributed by atoms with Crippen molar-refractivity contribution in [3.8, 4) is 0 Å². The lowest BCUT2D eigenvalue weighted by Gasteiger charge is -2.34. The summed E-state index contributed by atoms with van der Waals surface area (Å²) >= 11 is 0. The number of likely N-dealkylation sites (tertiary alicyclic amines) is 1. The van der Waals surface area contributed by atoms with E-state index >= 15 is 0 Å². The molecule has 0 aromatic carbocycles. The molecule has 18 heavy (non-hydrogen) atoms. The molecule has 0 radical (unpaired) electrons. The number of urea groups is 1. The molecule has 1 saturated heterocycles. The van der Waals surface area contributed by atoms with Gasteiger partial charge in [0.1, 0.15) is 0 Å². The third-order valence-corrected chi connectivity index (χ3v) is 3.41. The molecule has 0 spiro atoms. The van der Waals surface area contributed by atoms with Crippen molar-refractivity contribution >= 4 is 12.0 Å². The fourth-order valence-corrected chi connectivity index (χ4v) is 2.37. The average molecular weight is 256 g/mol. The van der Waals surface area contributed by atoms with Gasteiger partial charge >= 0.3 is 12.0 Å². The van der Waals surface area contributed by atoms with E-state index in [0.717, 1.165) is 19.5 Å². The van der Waals surface area contributed by atoms with Crippen molar-refractivity contribution < 1.29 is 14.3 Å². The smallest absolute Gasteiger partial charge is 0.319 e. The summed E-state index contributed by atoms with van der Waals surface area (Å²) in [6, 6.07) is 0.0114. The van der Waals surface area contributed by atoms with E-state index in [9.17, 15) is 9.59 Å². The summed E-state index contributed by atoms with van der Waals surface area (Å²) in [5.41, 5.74) is 0. The number of carbonyl (C=O) groups is 2. The Balaban J connectivity index is 2.47. The normalized spacial score (nSPS) is 21.3. The largest absolute Gasteiger partial charge is 0.469 e. The van der Waals surface area contributed by atoms with Crippen molar-refractivity contribution in [1.29, 1.82) is 0 Å². The molecule has 1 heterocycles. The zero-order chi connectivity index (χ0) is 13.7. The first-order valence-corrected chi connectivity index (χ1v) is 6.53. The van der Waals surface area contributed by atoms with Crippen LogP contribution in [0.15, 0.2) is 0 Å². The van der Waals surface area contributed by atoms with Gasteiger partial charge in [-0.3, -0.25) is 4.79 Å². The van der Waals surface area contributed by atoms with Crippen LogP contribution in [0.4, 0.5) is 4.79 Å². The van der Waals surface area contributed by atoms with Crippen LogP contribution in [0, 0.1) is 11.8 Å². The Bertz CT molecular complexity index is 307. The molecular formula is C13H24N2O3. The maximum Gasteiger partial charge on any atom is 0.319 e. The Morgan fingerprint density at radius 2 is 2.17 bits per heavy atom. The van der Waals surface area contributed by atoms with E-state index in [1.54, 1.807) is 18.9 Å². The molecule has 2 amide bonds. The van der Waals surface area contributed by atoms with Gasteiger partial charge in [0.25, 0.3) is 0 Å². The maximum atomic E-state index is 12.2. The molecule has 5 heteroatoms. The quantitative estimate of drug-likeness (QED) is 0.720. The van der Waals surface area contributed by atoms with Crippen molar-refractivity contribution in [3.63, 3.8) is 0 Å². The number of amides is 2. The minimum absolute atomic E-state index is 0.0114. The Labute approximate surface area is 109 Å². The molecule has 1 aliphatic rings. The standard InChI is InChI=1S/C13H24N2O3/c1-10-6-5-7-15(8-10)13(17)14(3)9-11(2)12(16)18-4/h10-11H,5-9H2,1-4H3. The highest BCUT2D eigenvalue weighted by Crippen LogP contribution is 2.17. The zero-order valence-electron chi connectivity index (χ0n) is 11.8. The number of methoxy groups -OCH3 is 1. The van der Waals surface area contributed by atoms with Crippen LogP contribution < -0.4 is 0 Å². The van der Waals surface area contributed by atoms with Gasteiger partial charge in [-0.05, 0) is 18.8 Å². The van der Waals surface area contributed by atoms with Gasteiger partial charge in [-0.15, -0.1) is 0 Å². The van der Waals surface area contributed by atoms with Crippen LogP contribution in [0.5, 0.6) is 0 Å². The second-order valence-corrected chi connectivity index (χ2v) is 5.28. The number of piperidine rings is 1. The van der Waals surface area contributed by atoms with Crippen LogP contribution in [0.3, 0.4) is 0 Å². The molecule has 1 fully saturated rings. The number of carbonyl (C=O) groups excluding carboxylic acids is 2. The highest BCUT2D eigenvalue weighted by molar-refractivity contribution is 5.76. The summed E-state index contributed by atoms with van der Waals surface area (Å²) in [6.07, 6.45) is 2.25. The molecule has 2 unspecified atom stereocenters. The monoisotopic (exact) mass is 256 g/mol. The van der Waals surface area contributed by atoms with Crippen molar-refractivity contribution in [2.75, 3.05) is 33.8 Å². The van der Waals surface area contributed by atoms with Gasteiger partial charge in [-0.2, -0.15) is 0 Å². The molecule has 1 aliphatic heterocycles. The summed E-state index contributed by atoms with van der Waals surface area (Å²) in [5, 5.41) is 0. The second-order valence-electron chi connectivity index (χ2n) is 5.28. The Kier molecular flexibility index (Phi) is 5.44. The van der Waals surface area contributed by atoms with E-state index in [-0.39, 0.29) is 17.9 Å². The molecule has 5 nitrogen and oxygen atoms in total. The predicted octanol–water partition coefficient (Wildman–Crippen LogP) is 1.58. The summed E-state index contributed by atoms with van der Waals surface area (Å²) < 4.78 is 4.66. The van der Waals surface area contributed by atoms with Gasteiger partial charge in [0, 0.05) is 26.7 Å². The highest BCUT2D eigenvalue weighted by atomic mass is 16.5. The van der Waals surface area contributed by atoms with Gasteiger partial charge in [0.05, 0.1) is 13.0 Å². The lowest BCUT2D eigenvalue weighted by molar-refractivity contribution is -0.145. The van der Waals surface area contributed by atoms with Crippen LogP contribution >= 0.6 is 0 Å². The van der Waals surface area contributed by atoms with Gasteiger partial charge in [-0.1, -0.05) is 13.8 Å². The molecule has 2 atom stereocenters. The van der Waals surface area contributed by atoms with E-state index < -0.39 is 0 Å². The topological polar surface area (TPSA) is 49.9 Å². The number of rotatable bonds is 3. The minimum atomic E-state index is -0.286. The van der Waals surface area contributed by atoms with Gasteiger partial charge in [-0.25, -0.2) is 4.79 Å². The SMILES string of the molecule is COC(=O)C(C)CN(C)C(=O)N1CCCC(C)C1. The highest BCUT2D eigenvalue weighted by Gasteiger charge is 2.25. The lowest BCUT2D eigenvalue weighted by Crippen LogP contribution is -2.47. The van der Waals surface area contributed by atoms with E-state index in [2.05, 4.69) is 11.7 Å². The maximum absolute atomic E-state index is 12.2. The van der Waals surface area contributed by atoms with E-state index in [4.69, 9.17) is 0 Å². The van der Waals surface area contributed by atoms with Crippen LogP contribution in [-0.4, -0.2) is 55.6 Å². The molecule has 104 valence electrons. The van der Waals surface area contributed by atoms with Crippen molar-refractivity contribution in [1.82, 2.24) is 9.80 Å². The van der Waals surface area contributed by atoms with E-state index in [1.807, 2.05) is 4.90 Å². The lowest BCUT2D eigenvalue weighted by atomic mass is 10.0. The van der Waals surface area contributed by atoms with Crippen LogP contribution in [0.1, 0.15) is 26.7 Å². The first kappa shape index (κ1) is 14.8. The third-order valence-electron chi connectivity index (χ3n) is 3.41. The molecule has 0 aromatic rings. The number of ether oxygens (including phenoxy) is 1. The Morgan fingerprint density at radius 1 is 1.50 bits per heavy atom. The second kappa shape index (κ2) is 6.61. The summed E-state index contributed by atoms with van der Waals surface area (Å²) in [4.78, 5) is 27.0. The Hall–Kier alpha value is -1.26. The van der Waals surface area contributed by atoms with Gasteiger partial charge in [0.2, 0.25) is 0 Å². The molecule has 0 aliphatic carbocycles. The number of hydrogen-bond donors (Lipinski definition) is 0. The van der Waals surface area contributed by atoms with Gasteiger partial charge < -0.3 is 14.5 Å². The molecule has 0 saturated carbocycles. The summed E-state index contributed by atoms with van der Waals surface area (Å²) in [5.74, 6) is 0.00181. The molecule has 0 aromatic heterocycles. The zero-order valence-corrected chi connectivity index (χ0v) is 11.8. The molecular weight excluding hydrogens is 232 g/mol. The Morgan fingerprint density at radius 3 is 2.72 bits per heavy atom. The first-order chi connectivity index (χ1) is 8.45. The summed E-state index contributed by atoms with van der Waals surface area (Å²) in [7, 11) is 3.11. The van der Waals surface area contributed by atoms with Gasteiger partial charge in [0.15, 0.2) is 0 Å². The first-order valence-electron chi connectivity index (χ1n) is 6.53. The van der Waals surface area contributed by atoms with Crippen molar-refractivity contribution in [2.45, 2.75) is 26.7 Å².